The summed E-state index contributed by atoms with van der Waals surface area (Å²) in [7, 11) is 3.46. The fourth-order valence-electron chi connectivity index (χ4n) is 3.53. The minimum atomic E-state index is -0.506. The molecule has 1 saturated heterocycles. The number of ether oxygens (including phenoxy) is 2. The van der Waals surface area contributed by atoms with E-state index in [1.165, 1.54) is 18.2 Å². The Hall–Kier alpha value is -3.13. The van der Waals surface area contributed by atoms with Crippen molar-refractivity contribution in [3.05, 3.63) is 58.1 Å². The Morgan fingerprint density at radius 3 is 2.62 bits per heavy atom. The molecule has 1 atom stereocenters. The number of nitro groups is 1. The van der Waals surface area contributed by atoms with Crippen molar-refractivity contribution in [3.8, 4) is 17.2 Å². The Balaban J connectivity index is 1.88. The number of hydrogen-bond donors (Lipinski definition) is 1. The van der Waals surface area contributed by atoms with Crippen molar-refractivity contribution in [2.45, 2.75) is 12.8 Å². The molecular weight excluding hydrogens is 374 g/mol. The zero-order chi connectivity index (χ0) is 20.8. The molecular formula is C21H25N3O5. The van der Waals surface area contributed by atoms with E-state index in [1.54, 1.807) is 36.3 Å². The number of carbonyl (C=O) groups is 1. The van der Waals surface area contributed by atoms with Crippen LogP contribution in [0.15, 0.2) is 42.5 Å². The van der Waals surface area contributed by atoms with E-state index in [1.807, 2.05) is 7.05 Å². The third-order valence-electron chi connectivity index (χ3n) is 4.99. The van der Waals surface area contributed by atoms with Crippen LogP contribution in [-0.2, 0) is 0 Å². The smallest absolute Gasteiger partial charge is 0.270 e. The van der Waals surface area contributed by atoms with Gasteiger partial charge in [0.1, 0.15) is 17.2 Å². The zero-order valence-corrected chi connectivity index (χ0v) is 16.6. The van der Waals surface area contributed by atoms with E-state index in [9.17, 15) is 14.9 Å². The lowest BCUT2D eigenvalue weighted by Gasteiger charge is -2.33. The summed E-state index contributed by atoms with van der Waals surface area (Å²) in [5.74, 6) is 1.60. The molecule has 29 heavy (non-hydrogen) atoms. The Bertz CT molecular complexity index is 867. The van der Waals surface area contributed by atoms with Gasteiger partial charge in [-0.05, 0) is 62.7 Å². The first-order chi connectivity index (χ1) is 14.0. The van der Waals surface area contributed by atoms with Crippen molar-refractivity contribution in [1.82, 2.24) is 10.2 Å². The summed E-state index contributed by atoms with van der Waals surface area (Å²) in [5, 5.41) is 14.4. The molecule has 1 heterocycles. The maximum Gasteiger partial charge on any atom is 0.270 e. The van der Waals surface area contributed by atoms with Gasteiger partial charge < -0.3 is 19.7 Å². The summed E-state index contributed by atoms with van der Waals surface area (Å²) >= 11 is 0. The fourth-order valence-corrected chi connectivity index (χ4v) is 3.53. The van der Waals surface area contributed by atoms with Crippen molar-refractivity contribution in [3.63, 3.8) is 0 Å². The van der Waals surface area contributed by atoms with Gasteiger partial charge in [-0.2, -0.15) is 0 Å². The standard InChI is InChI=1S/C21H25N3O5/c1-22-13-15-4-3-11-23(14-15)21(25)19-12-16(24(26)27)5-10-20(19)29-18-8-6-17(28-2)7-9-18/h5-10,12,15,22H,3-4,11,13-14H2,1-2H3. The van der Waals surface area contributed by atoms with Crippen LogP contribution in [0.3, 0.4) is 0 Å². The molecule has 0 aromatic heterocycles. The molecule has 1 amide bonds. The second kappa shape index (κ2) is 9.38. The first-order valence-electron chi connectivity index (χ1n) is 9.56. The first kappa shape index (κ1) is 20.6. The van der Waals surface area contributed by atoms with Crippen LogP contribution in [0.4, 0.5) is 5.69 Å². The Morgan fingerprint density at radius 2 is 1.97 bits per heavy atom. The van der Waals surface area contributed by atoms with Crippen LogP contribution in [0, 0.1) is 16.0 Å². The number of piperidine rings is 1. The molecule has 0 aliphatic carbocycles. The van der Waals surface area contributed by atoms with Gasteiger partial charge in [-0.1, -0.05) is 0 Å². The predicted octanol–water partition coefficient (Wildman–Crippen LogP) is 3.47. The number of nitrogens with one attached hydrogen (secondary N) is 1. The fraction of sp³-hybridized carbons (Fsp3) is 0.381. The lowest BCUT2D eigenvalue weighted by atomic mass is 9.97. The average Bonchev–Trinajstić information content (AvgIpc) is 2.74. The van der Waals surface area contributed by atoms with Crippen molar-refractivity contribution in [2.75, 3.05) is 33.8 Å². The molecule has 0 spiro atoms. The van der Waals surface area contributed by atoms with Crippen molar-refractivity contribution in [2.24, 2.45) is 5.92 Å². The average molecular weight is 399 g/mol. The van der Waals surface area contributed by atoms with Gasteiger partial charge in [-0.15, -0.1) is 0 Å². The van der Waals surface area contributed by atoms with E-state index < -0.39 is 4.92 Å². The second-order valence-electron chi connectivity index (χ2n) is 7.03. The number of benzene rings is 2. The maximum atomic E-state index is 13.2. The Kier molecular flexibility index (Phi) is 6.66. The molecule has 1 unspecified atom stereocenters. The molecule has 1 fully saturated rings. The molecule has 154 valence electrons. The molecule has 8 heteroatoms. The lowest BCUT2D eigenvalue weighted by molar-refractivity contribution is -0.384. The van der Waals surface area contributed by atoms with Gasteiger partial charge in [0, 0.05) is 25.2 Å². The van der Waals surface area contributed by atoms with Crippen molar-refractivity contribution in [1.29, 1.82) is 0 Å². The van der Waals surface area contributed by atoms with Gasteiger partial charge in [0.25, 0.3) is 11.6 Å². The third kappa shape index (κ3) is 5.03. The van der Waals surface area contributed by atoms with E-state index in [0.29, 0.717) is 36.3 Å². The zero-order valence-electron chi connectivity index (χ0n) is 16.6. The summed E-state index contributed by atoms with van der Waals surface area (Å²) < 4.78 is 11.0. The van der Waals surface area contributed by atoms with Crippen molar-refractivity contribution < 1.29 is 19.2 Å². The van der Waals surface area contributed by atoms with Gasteiger partial charge in [-0.25, -0.2) is 0 Å². The number of methoxy groups -OCH3 is 1. The van der Waals surface area contributed by atoms with E-state index in [2.05, 4.69) is 5.32 Å². The summed E-state index contributed by atoms with van der Waals surface area (Å²) in [6.45, 7) is 2.07. The molecule has 0 radical (unpaired) electrons. The highest BCUT2D eigenvalue weighted by Crippen LogP contribution is 2.31. The summed E-state index contributed by atoms with van der Waals surface area (Å²) in [6.07, 6.45) is 1.95. The molecule has 3 rings (SSSR count). The number of carbonyl (C=O) groups excluding carboxylic acids is 1. The lowest BCUT2D eigenvalue weighted by Crippen LogP contribution is -2.42. The van der Waals surface area contributed by atoms with E-state index in [4.69, 9.17) is 9.47 Å². The minimum absolute atomic E-state index is 0.140. The molecule has 0 saturated carbocycles. The quantitative estimate of drug-likeness (QED) is 0.566. The summed E-state index contributed by atoms with van der Waals surface area (Å²) in [6, 6.07) is 11.0. The van der Waals surface area contributed by atoms with Gasteiger partial charge in [0.2, 0.25) is 0 Å². The number of nitro benzene ring substituents is 1. The molecule has 2 aromatic carbocycles. The number of nitrogens with zero attached hydrogens (tertiary/aromatic N) is 2. The number of likely N-dealkylation sites (tertiary alicyclic amines) is 1. The molecule has 1 aliphatic heterocycles. The van der Waals surface area contributed by atoms with Gasteiger partial charge in [-0.3, -0.25) is 14.9 Å². The van der Waals surface area contributed by atoms with E-state index in [-0.39, 0.29) is 17.2 Å². The molecule has 0 bridgehead atoms. The van der Waals surface area contributed by atoms with Crippen LogP contribution in [0.2, 0.25) is 0 Å². The molecule has 2 aromatic rings. The number of non-ortho nitro benzene ring substituents is 1. The highest BCUT2D eigenvalue weighted by molar-refractivity contribution is 5.97. The monoisotopic (exact) mass is 399 g/mol. The number of rotatable bonds is 7. The first-order valence-corrected chi connectivity index (χ1v) is 9.56. The number of amides is 1. The van der Waals surface area contributed by atoms with Crippen LogP contribution in [0.5, 0.6) is 17.2 Å². The van der Waals surface area contributed by atoms with Crippen LogP contribution in [0.1, 0.15) is 23.2 Å². The third-order valence-corrected chi connectivity index (χ3v) is 4.99. The predicted molar refractivity (Wildman–Crippen MR) is 109 cm³/mol. The topological polar surface area (TPSA) is 93.9 Å². The SMILES string of the molecule is CNCC1CCCN(C(=O)c2cc([N+](=O)[O-])ccc2Oc2ccc(OC)cc2)C1. The van der Waals surface area contributed by atoms with E-state index >= 15 is 0 Å². The Labute approximate surface area is 169 Å². The largest absolute Gasteiger partial charge is 0.497 e. The van der Waals surface area contributed by atoms with Gasteiger partial charge in [0.15, 0.2) is 0 Å². The molecule has 1 aliphatic rings. The summed E-state index contributed by atoms with van der Waals surface area (Å²) in [5.41, 5.74) is 0.0549. The Morgan fingerprint density at radius 1 is 1.24 bits per heavy atom. The van der Waals surface area contributed by atoms with Crippen LogP contribution in [-0.4, -0.2) is 49.5 Å². The van der Waals surface area contributed by atoms with Crippen LogP contribution < -0.4 is 14.8 Å². The molecule has 8 nitrogen and oxygen atoms in total. The highest BCUT2D eigenvalue weighted by Gasteiger charge is 2.27. The molecule has 1 N–H and O–H groups in total. The van der Waals surface area contributed by atoms with Crippen molar-refractivity contribution >= 4 is 11.6 Å². The minimum Gasteiger partial charge on any atom is -0.497 e. The van der Waals surface area contributed by atoms with Crippen LogP contribution in [0.25, 0.3) is 0 Å². The second-order valence-corrected chi connectivity index (χ2v) is 7.03. The number of hydrogen-bond acceptors (Lipinski definition) is 6. The maximum absolute atomic E-state index is 13.2. The van der Waals surface area contributed by atoms with Crippen LogP contribution >= 0.6 is 0 Å². The summed E-state index contributed by atoms with van der Waals surface area (Å²) in [4.78, 5) is 25.7. The normalized spacial score (nSPS) is 16.3. The van der Waals surface area contributed by atoms with Gasteiger partial charge in [0.05, 0.1) is 17.6 Å². The van der Waals surface area contributed by atoms with E-state index in [0.717, 1.165) is 19.4 Å². The highest BCUT2D eigenvalue weighted by atomic mass is 16.6. The van der Waals surface area contributed by atoms with Gasteiger partial charge >= 0.3 is 0 Å².